The number of carbonyl (C=O) groups excluding carboxylic acids is 1. The first-order valence-corrected chi connectivity index (χ1v) is 7.34. The largest absolute Gasteiger partial charge is 0.332 e. The van der Waals surface area contributed by atoms with Crippen molar-refractivity contribution in [3.05, 3.63) is 32.2 Å². The number of rotatable bonds is 2. The summed E-state index contributed by atoms with van der Waals surface area (Å²) in [6.45, 7) is 7.08. The van der Waals surface area contributed by atoms with Crippen LogP contribution in [-0.2, 0) is 18.9 Å². The van der Waals surface area contributed by atoms with E-state index in [9.17, 15) is 14.4 Å². The Bertz CT molecular complexity index is 1090. The lowest BCUT2D eigenvalue weighted by molar-refractivity contribution is -0.119. The fourth-order valence-electron chi connectivity index (χ4n) is 3.00. The minimum atomic E-state index is -0.427. The van der Waals surface area contributed by atoms with Crippen molar-refractivity contribution in [3.8, 4) is 0 Å². The summed E-state index contributed by atoms with van der Waals surface area (Å²) in [5.74, 6) is 0.496. The highest BCUT2D eigenvalue weighted by atomic mass is 16.2. The van der Waals surface area contributed by atoms with Crippen molar-refractivity contribution in [2.45, 2.75) is 33.7 Å². The molecular weight excluding hydrogens is 298 g/mol. The van der Waals surface area contributed by atoms with Crippen LogP contribution in [0.4, 0.5) is 0 Å². The fourth-order valence-corrected chi connectivity index (χ4v) is 3.00. The van der Waals surface area contributed by atoms with Gasteiger partial charge in [0.15, 0.2) is 16.9 Å². The molecule has 3 aromatic heterocycles. The van der Waals surface area contributed by atoms with Crippen molar-refractivity contribution in [2.75, 3.05) is 0 Å². The van der Waals surface area contributed by atoms with Crippen LogP contribution in [0.1, 0.15) is 31.3 Å². The number of imidazole rings is 2. The maximum atomic E-state index is 12.6. The molecule has 0 unspecified atom stereocenters. The highest BCUT2D eigenvalue weighted by molar-refractivity contribution is 5.82. The Labute approximate surface area is 131 Å². The topological polar surface area (TPSA) is 83.3 Å². The van der Waals surface area contributed by atoms with Gasteiger partial charge in [0.25, 0.3) is 5.56 Å². The average molecular weight is 317 g/mol. The number of fused-ring (bicyclic) bond motifs is 3. The molecule has 1 atom stereocenters. The molecule has 0 saturated heterocycles. The first-order valence-electron chi connectivity index (χ1n) is 7.34. The Morgan fingerprint density at radius 3 is 2.26 bits per heavy atom. The first kappa shape index (κ1) is 15.3. The molecule has 0 spiro atoms. The first-order chi connectivity index (χ1) is 10.7. The van der Waals surface area contributed by atoms with E-state index >= 15 is 0 Å². The van der Waals surface area contributed by atoms with Crippen molar-refractivity contribution >= 4 is 22.7 Å². The number of aryl methyl sites for hydroxylation is 2. The van der Waals surface area contributed by atoms with Crippen molar-refractivity contribution in [1.29, 1.82) is 0 Å². The summed E-state index contributed by atoms with van der Waals surface area (Å²) in [5, 5.41) is 0. The summed E-state index contributed by atoms with van der Waals surface area (Å²) in [4.78, 5) is 41.0. The third kappa shape index (κ3) is 1.77. The Hall–Kier alpha value is -2.64. The summed E-state index contributed by atoms with van der Waals surface area (Å²) in [6, 6.07) is -0.399. The zero-order valence-electron chi connectivity index (χ0n) is 14.0. The van der Waals surface area contributed by atoms with Crippen LogP contribution < -0.4 is 11.2 Å². The number of nitrogens with zero attached hydrogens (tertiary/aromatic N) is 5. The fraction of sp³-hybridized carbons (Fsp3) is 0.467. The summed E-state index contributed by atoms with van der Waals surface area (Å²) in [5.41, 5.74) is 1.54. The van der Waals surface area contributed by atoms with Crippen LogP contribution in [0.3, 0.4) is 0 Å². The zero-order chi connectivity index (χ0) is 17.2. The molecule has 0 aliphatic rings. The molecule has 0 amide bonds. The van der Waals surface area contributed by atoms with Crippen LogP contribution in [0.15, 0.2) is 9.59 Å². The van der Waals surface area contributed by atoms with Gasteiger partial charge < -0.3 is 4.57 Å². The molecule has 3 aromatic rings. The van der Waals surface area contributed by atoms with Gasteiger partial charge in [-0.05, 0) is 27.7 Å². The van der Waals surface area contributed by atoms with E-state index in [0.717, 1.165) is 16.0 Å². The van der Waals surface area contributed by atoms with E-state index in [1.165, 1.54) is 18.5 Å². The third-order valence-electron chi connectivity index (χ3n) is 4.65. The molecule has 0 bridgehead atoms. The van der Waals surface area contributed by atoms with Gasteiger partial charge in [0.05, 0.1) is 6.04 Å². The molecule has 0 radical (unpaired) electrons. The monoisotopic (exact) mass is 317 g/mol. The Balaban J connectivity index is 2.63. The van der Waals surface area contributed by atoms with E-state index in [2.05, 4.69) is 4.98 Å². The average Bonchev–Trinajstić information content (AvgIpc) is 2.99. The Morgan fingerprint density at radius 2 is 1.70 bits per heavy atom. The van der Waals surface area contributed by atoms with E-state index in [1.54, 1.807) is 18.4 Å². The quantitative estimate of drug-likeness (QED) is 0.687. The summed E-state index contributed by atoms with van der Waals surface area (Å²) >= 11 is 0. The van der Waals surface area contributed by atoms with Crippen LogP contribution in [-0.4, -0.2) is 28.9 Å². The smallest absolute Gasteiger partial charge is 0.304 e. The van der Waals surface area contributed by atoms with Crippen LogP contribution >= 0.6 is 0 Å². The van der Waals surface area contributed by atoms with Crippen LogP contribution in [0, 0.1) is 13.8 Å². The highest BCUT2D eigenvalue weighted by Gasteiger charge is 2.24. The van der Waals surface area contributed by atoms with Gasteiger partial charge in [-0.2, -0.15) is 4.98 Å². The summed E-state index contributed by atoms with van der Waals surface area (Å²) in [6.07, 6.45) is 0. The Kier molecular flexibility index (Phi) is 3.10. The van der Waals surface area contributed by atoms with E-state index in [4.69, 9.17) is 0 Å². The van der Waals surface area contributed by atoms with Gasteiger partial charge in [-0.15, -0.1) is 0 Å². The summed E-state index contributed by atoms with van der Waals surface area (Å²) in [7, 11) is 3.03. The third-order valence-corrected chi connectivity index (χ3v) is 4.65. The maximum absolute atomic E-state index is 12.6. The van der Waals surface area contributed by atoms with Crippen molar-refractivity contribution in [3.63, 3.8) is 0 Å². The SMILES string of the molecule is CC(=O)[C@H](C)n1c(C)c(C)n2c3c(=O)n(C)c(=O)n(C)c3nc12. The van der Waals surface area contributed by atoms with Gasteiger partial charge in [0.2, 0.25) is 5.78 Å². The molecule has 8 heteroatoms. The molecule has 3 heterocycles. The van der Waals surface area contributed by atoms with Crippen LogP contribution in [0.5, 0.6) is 0 Å². The van der Waals surface area contributed by atoms with Gasteiger partial charge in [-0.1, -0.05) is 0 Å². The van der Waals surface area contributed by atoms with Gasteiger partial charge in [-0.3, -0.25) is 23.1 Å². The highest BCUT2D eigenvalue weighted by Crippen LogP contribution is 2.24. The molecule has 0 aliphatic heterocycles. The predicted octanol–water partition coefficient (Wildman–Crippen LogP) is 0.453. The van der Waals surface area contributed by atoms with Gasteiger partial charge in [-0.25, -0.2) is 4.79 Å². The molecular formula is C15H19N5O3. The molecule has 8 nitrogen and oxygen atoms in total. The second-order valence-electron chi connectivity index (χ2n) is 5.95. The molecule has 0 saturated carbocycles. The molecule has 0 aliphatic carbocycles. The lowest BCUT2D eigenvalue weighted by atomic mass is 10.2. The second kappa shape index (κ2) is 4.68. The van der Waals surface area contributed by atoms with E-state index in [-0.39, 0.29) is 5.78 Å². The molecule has 122 valence electrons. The molecule has 0 N–H and O–H groups in total. The number of carbonyl (C=O) groups is 1. The zero-order valence-corrected chi connectivity index (χ0v) is 14.0. The summed E-state index contributed by atoms with van der Waals surface area (Å²) < 4.78 is 5.95. The van der Waals surface area contributed by atoms with E-state index in [1.807, 2.05) is 18.4 Å². The van der Waals surface area contributed by atoms with Crippen LogP contribution in [0.25, 0.3) is 16.9 Å². The minimum absolute atomic E-state index is 0.000512. The van der Waals surface area contributed by atoms with E-state index < -0.39 is 17.3 Å². The van der Waals surface area contributed by atoms with Gasteiger partial charge >= 0.3 is 5.69 Å². The number of Topliss-reactive ketones (excluding diaryl/α,β-unsaturated/α-hetero) is 1. The standard InChI is InChI=1S/C15H19N5O3/c1-7-8(2)20-11-12(17(5)15(23)18(6)13(11)22)16-14(20)19(7)9(3)10(4)21/h9H,1-6H3/t9-/m0/s1. The Morgan fingerprint density at radius 1 is 1.09 bits per heavy atom. The number of ketones is 1. The second-order valence-corrected chi connectivity index (χ2v) is 5.95. The normalized spacial score (nSPS) is 13.1. The van der Waals surface area contributed by atoms with Gasteiger partial charge in [0.1, 0.15) is 0 Å². The van der Waals surface area contributed by atoms with E-state index in [0.29, 0.717) is 16.9 Å². The van der Waals surface area contributed by atoms with Crippen molar-refractivity contribution < 1.29 is 4.79 Å². The number of hydrogen-bond acceptors (Lipinski definition) is 4. The molecule has 3 rings (SSSR count). The number of aromatic nitrogens is 5. The lowest BCUT2D eigenvalue weighted by Crippen LogP contribution is -2.37. The van der Waals surface area contributed by atoms with Crippen molar-refractivity contribution in [2.24, 2.45) is 14.1 Å². The van der Waals surface area contributed by atoms with Crippen LogP contribution in [0.2, 0.25) is 0 Å². The van der Waals surface area contributed by atoms with Crippen molar-refractivity contribution in [1.82, 2.24) is 23.1 Å². The predicted molar refractivity (Wildman–Crippen MR) is 86.0 cm³/mol. The lowest BCUT2D eigenvalue weighted by Gasteiger charge is -2.12. The molecule has 0 aromatic carbocycles. The maximum Gasteiger partial charge on any atom is 0.332 e. The minimum Gasteiger partial charge on any atom is -0.304 e. The van der Waals surface area contributed by atoms with Gasteiger partial charge in [0, 0.05) is 25.5 Å². The molecule has 23 heavy (non-hydrogen) atoms. The molecule has 0 fully saturated rings. The number of hydrogen-bond donors (Lipinski definition) is 0.